The third kappa shape index (κ3) is 4.37. The Kier molecular flexibility index (Phi) is 5.92. The SMILES string of the molecule is CCCN1CCCC(C(C)Nc2cc(C)ccc2OC)C1. The first-order valence-corrected chi connectivity index (χ1v) is 8.27. The first kappa shape index (κ1) is 16.2. The summed E-state index contributed by atoms with van der Waals surface area (Å²) in [4.78, 5) is 2.61. The smallest absolute Gasteiger partial charge is 0.141 e. The molecule has 1 aromatic carbocycles. The molecular formula is C18H30N2O. The summed E-state index contributed by atoms with van der Waals surface area (Å²) in [7, 11) is 1.74. The molecule has 0 aromatic heterocycles. The predicted molar refractivity (Wildman–Crippen MR) is 90.3 cm³/mol. The zero-order valence-electron chi connectivity index (χ0n) is 14.0. The van der Waals surface area contributed by atoms with Crippen LogP contribution < -0.4 is 10.1 Å². The van der Waals surface area contributed by atoms with Gasteiger partial charge in [-0.25, -0.2) is 0 Å². The molecule has 1 N–H and O–H groups in total. The van der Waals surface area contributed by atoms with Crippen LogP contribution in [0.1, 0.15) is 38.7 Å². The van der Waals surface area contributed by atoms with Gasteiger partial charge in [0.05, 0.1) is 12.8 Å². The second-order valence-electron chi connectivity index (χ2n) is 6.34. The Morgan fingerprint density at radius 2 is 2.24 bits per heavy atom. The standard InChI is InChI=1S/C18H30N2O/c1-5-10-20-11-6-7-16(13-20)15(3)19-17-12-14(2)8-9-18(17)21-4/h8-9,12,15-16,19H,5-7,10-11,13H2,1-4H3. The summed E-state index contributed by atoms with van der Waals surface area (Å²) in [5.41, 5.74) is 2.39. The van der Waals surface area contributed by atoms with Gasteiger partial charge in [0.25, 0.3) is 0 Å². The first-order chi connectivity index (χ1) is 10.1. The fourth-order valence-corrected chi connectivity index (χ4v) is 3.32. The third-order valence-corrected chi connectivity index (χ3v) is 4.53. The number of aryl methyl sites for hydroxylation is 1. The molecule has 3 heteroatoms. The van der Waals surface area contributed by atoms with Gasteiger partial charge in [-0.1, -0.05) is 13.0 Å². The van der Waals surface area contributed by atoms with E-state index in [2.05, 4.69) is 49.2 Å². The Bertz CT molecular complexity index is 445. The lowest BCUT2D eigenvalue weighted by Gasteiger charge is -2.36. The van der Waals surface area contributed by atoms with Crippen LogP contribution >= 0.6 is 0 Å². The molecule has 2 rings (SSSR count). The van der Waals surface area contributed by atoms with Crippen LogP contribution in [-0.2, 0) is 0 Å². The lowest BCUT2D eigenvalue weighted by Crippen LogP contribution is -2.42. The van der Waals surface area contributed by atoms with Gasteiger partial charge in [0.1, 0.15) is 5.75 Å². The molecule has 21 heavy (non-hydrogen) atoms. The van der Waals surface area contributed by atoms with Crippen molar-refractivity contribution >= 4 is 5.69 Å². The summed E-state index contributed by atoms with van der Waals surface area (Å²) < 4.78 is 5.48. The van der Waals surface area contributed by atoms with Crippen molar-refractivity contribution in [3.63, 3.8) is 0 Å². The molecule has 1 heterocycles. The summed E-state index contributed by atoms with van der Waals surface area (Å²) in [6.07, 6.45) is 3.89. The molecule has 1 aliphatic rings. The van der Waals surface area contributed by atoms with E-state index in [1.165, 1.54) is 44.5 Å². The summed E-state index contributed by atoms with van der Waals surface area (Å²) in [5.74, 6) is 1.66. The molecule has 1 saturated heterocycles. The molecule has 2 atom stereocenters. The van der Waals surface area contributed by atoms with E-state index in [-0.39, 0.29) is 0 Å². The molecule has 1 aliphatic heterocycles. The van der Waals surface area contributed by atoms with Crippen molar-refractivity contribution in [3.05, 3.63) is 23.8 Å². The highest BCUT2D eigenvalue weighted by Crippen LogP contribution is 2.29. The van der Waals surface area contributed by atoms with Crippen LogP contribution in [0.15, 0.2) is 18.2 Å². The number of anilines is 1. The van der Waals surface area contributed by atoms with Gasteiger partial charge in [0.2, 0.25) is 0 Å². The summed E-state index contributed by atoms with van der Waals surface area (Å²) in [6.45, 7) is 10.4. The van der Waals surface area contributed by atoms with E-state index in [1.54, 1.807) is 7.11 Å². The molecule has 1 aromatic rings. The highest BCUT2D eigenvalue weighted by atomic mass is 16.5. The molecule has 0 aliphatic carbocycles. The van der Waals surface area contributed by atoms with Crippen LogP contribution in [0, 0.1) is 12.8 Å². The van der Waals surface area contributed by atoms with Crippen LogP contribution in [0.3, 0.4) is 0 Å². The number of nitrogens with one attached hydrogen (secondary N) is 1. The van der Waals surface area contributed by atoms with Gasteiger partial charge in [-0.2, -0.15) is 0 Å². The Labute approximate surface area is 129 Å². The summed E-state index contributed by atoms with van der Waals surface area (Å²) in [5, 5.41) is 3.68. The van der Waals surface area contributed by atoms with Crippen molar-refractivity contribution in [1.29, 1.82) is 0 Å². The predicted octanol–water partition coefficient (Wildman–Crippen LogP) is 3.93. The highest BCUT2D eigenvalue weighted by Gasteiger charge is 2.24. The lowest BCUT2D eigenvalue weighted by molar-refractivity contribution is 0.165. The monoisotopic (exact) mass is 290 g/mol. The topological polar surface area (TPSA) is 24.5 Å². The van der Waals surface area contributed by atoms with Gasteiger partial charge in [-0.3, -0.25) is 0 Å². The van der Waals surface area contributed by atoms with Gasteiger partial charge in [0, 0.05) is 12.6 Å². The number of methoxy groups -OCH3 is 1. The second-order valence-corrected chi connectivity index (χ2v) is 6.34. The zero-order valence-corrected chi connectivity index (χ0v) is 14.0. The Morgan fingerprint density at radius 1 is 1.43 bits per heavy atom. The highest BCUT2D eigenvalue weighted by molar-refractivity contribution is 5.58. The van der Waals surface area contributed by atoms with Gasteiger partial charge in [-0.05, 0) is 69.8 Å². The number of ether oxygens (including phenoxy) is 1. The third-order valence-electron chi connectivity index (χ3n) is 4.53. The first-order valence-electron chi connectivity index (χ1n) is 8.27. The maximum absolute atomic E-state index is 5.48. The average Bonchev–Trinajstić information content (AvgIpc) is 2.48. The minimum Gasteiger partial charge on any atom is -0.495 e. The van der Waals surface area contributed by atoms with Crippen LogP contribution in [-0.4, -0.2) is 37.7 Å². The van der Waals surface area contributed by atoms with Crippen LogP contribution in [0.2, 0.25) is 0 Å². The van der Waals surface area contributed by atoms with Crippen LogP contribution in [0.25, 0.3) is 0 Å². The summed E-state index contributed by atoms with van der Waals surface area (Å²) >= 11 is 0. The molecule has 0 saturated carbocycles. The maximum Gasteiger partial charge on any atom is 0.141 e. The fourth-order valence-electron chi connectivity index (χ4n) is 3.32. The summed E-state index contributed by atoms with van der Waals surface area (Å²) in [6, 6.07) is 6.80. The van der Waals surface area contributed by atoms with Gasteiger partial charge >= 0.3 is 0 Å². The van der Waals surface area contributed by atoms with Crippen molar-refractivity contribution < 1.29 is 4.74 Å². The number of piperidine rings is 1. The number of rotatable bonds is 6. The molecule has 0 amide bonds. The second kappa shape index (κ2) is 7.69. The fraction of sp³-hybridized carbons (Fsp3) is 0.667. The number of hydrogen-bond acceptors (Lipinski definition) is 3. The van der Waals surface area contributed by atoms with Crippen molar-refractivity contribution in [3.8, 4) is 5.75 Å². The van der Waals surface area contributed by atoms with Crippen molar-refractivity contribution in [1.82, 2.24) is 4.90 Å². The Morgan fingerprint density at radius 3 is 2.95 bits per heavy atom. The van der Waals surface area contributed by atoms with Crippen LogP contribution in [0.5, 0.6) is 5.75 Å². The molecular weight excluding hydrogens is 260 g/mol. The molecule has 1 fully saturated rings. The molecule has 0 spiro atoms. The molecule has 0 bridgehead atoms. The van der Waals surface area contributed by atoms with E-state index in [9.17, 15) is 0 Å². The number of likely N-dealkylation sites (tertiary alicyclic amines) is 1. The van der Waals surface area contributed by atoms with E-state index in [0.717, 1.165) is 17.4 Å². The molecule has 0 radical (unpaired) electrons. The van der Waals surface area contributed by atoms with Crippen molar-refractivity contribution in [2.75, 3.05) is 32.1 Å². The number of nitrogens with zero attached hydrogens (tertiary/aromatic N) is 1. The van der Waals surface area contributed by atoms with E-state index in [0.29, 0.717) is 6.04 Å². The van der Waals surface area contributed by atoms with Gasteiger partial charge in [-0.15, -0.1) is 0 Å². The van der Waals surface area contributed by atoms with E-state index >= 15 is 0 Å². The van der Waals surface area contributed by atoms with E-state index in [4.69, 9.17) is 4.74 Å². The number of hydrogen-bond donors (Lipinski definition) is 1. The Balaban J connectivity index is 2.00. The molecule has 118 valence electrons. The largest absolute Gasteiger partial charge is 0.495 e. The van der Waals surface area contributed by atoms with Crippen molar-refractivity contribution in [2.24, 2.45) is 5.92 Å². The lowest BCUT2D eigenvalue weighted by atomic mass is 9.91. The average molecular weight is 290 g/mol. The van der Waals surface area contributed by atoms with Gasteiger partial charge in [0.15, 0.2) is 0 Å². The number of benzene rings is 1. The van der Waals surface area contributed by atoms with Crippen molar-refractivity contribution in [2.45, 2.75) is 46.1 Å². The minimum absolute atomic E-state index is 0.473. The normalized spacial score (nSPS) is 21.0. The van der Waals surface area contributed by atoms with Gasteiger partial charge < -0.3 is 15.0 Å². The van der Waals surface area contributed by atoms with E-state index < -0.39 is 0 Å². The Hall–Kier alpha value is -1.22. The van der Waals surface area contributed by atoms with Crippen LogP contribution in [0.4, 0.5) is 5.69 Å². The zero-order chi connectivity index (χ0) is 15.2. The molecule has 2 unspecified atom stereocenters. The minimum atomic E-state index is 0.473. The maximum atomic E-state index is 5.48. The quantitative estimate of drug-likeness (QED) is 0.859. The molecule has 3 nitrogen and oxygen atoms in total. The van der Waals surface area contributed by atoms with E-state index in [1.807, 2.05) is 0 Å².